The fourth-order valence-electron chi connectivity index (χ4n) is 0.205. The Bertz CT molecular complexity index is 149. The van der Waals surface area contributed by atoms with Crippen LogP contribution in [0.1, 0.15) is 0 Å². The minimum absolute atomic E-state index is 0.969. The predicted octanol–water partition coefficient (Wildman–Crippen LogP) is -1.21. The van der Waals surface area contributed by atoms with Crippen molar-refractivity contribution in [3.8, 4) is 0 Å². The largest absolute Gasteiger partial charge is 0.543 e. The lowest BCUT2D eigenvalue weighted by Gasteiger charge is -1.99. The number of carbonyl (C=O) groups excluding carboxylic acids is 1. The highest BCUT2D eigenvalue weighted by molar-refractivity contribution is 7.52. The van der Waals surface area contributed by atoms with Gasteiger partial charge in [0.2, 0.25) is 0 Å². The van der Waals surface area contributed by atoms with Crippen molar-refractivity contribution in [2.45, 2.75) is 0 Å². The molecular weight excluding hydrogens is 146 g/mol. The summed E-state index contributed by atoms with van der Waals surface area (Å²) in [6, 6.07) is 0. The molecule has 0 fully saturated rings. The molecule has 5 nitrogen and oxygen atoms in total. The molecule has 0 atom stereocenters. The monoisotopic (exact) mass is 150 g/mol. The van der Waals surface area contributed by atoms with Crippen molar-refractivity contribution in [1.82, 2.24) is 0 Å². The van der Waals surface area contributed by atoms with Gasteiger partial charge in [-0.05, 0) is 0 Å². The third-order valence-electron chi connectivity index (χ3n) is 0.467. The number of rotatable bonds is 2. The molecule has 0 rings (SSSR count). The van der Waals surface area contributed by atoms with E-state index in [0.717, 1.165) is 0 Å². The molecule has 0 aromatic carbocycles. The highest BCUT2D eigenvalue weighted by atomic mass is 31.2. The van der Waals surface area contributed by atoms with Crippen molar-refractivity contribution < 1.29 is 23.8 Å². The summed E-state index contributed by atoms with van der Waals surface area (Å²) in [5.74, 6) is -1.12. The molecule has 0 saturated heterocycles. The van der Waals surface area contributed by atoms with Crippen molar-refractivity contribution >= 4 is 21.6 Å². The Morgan fingerprint density at radius 1 is 1.67 bits per heavy atom. The molecule has 0 saturated carbocycles. The van der Waals surface area contributed by atoms with Gasteiger partial charge >= 0.3 is 15.6 Å². The lowest BCUT2D eigenvalue weighted by molar-refractivity contribution is -0.131. The van der Waals surface area contributed by atoms with Gasteiger partial charge in [-0.3, -0.25) is 9.36 Å². The Balaban J connectivity index is 3.75. The van der Waals surface area contributed by atoms with Gasteiger partial charge in [-0.25, -0.2) is 0 Å². The zero-order chi connectivity index (χ0) is 7.49. The van der Waals surface area contributed by atoms with Crippen molar-refractivity contribution in [2.24, 2.45) is 0 Å². The minimum atomic E-state index is -4.29. The molecule has 0 spiro atoms. The van der Waals surface area contributed by atoms with E-state index in [0.29, 0.717) is 0 Å². The van der Waals surface area contributed by atoms with E-state index in [2.05, 4.69) is 12.7 Å². The van der Waals surface area contributed by atoms with Crippen LogP contribution in [0.5, 0.6) is 0 Å². The Hall–Kier alpha value is -0.315. The van der Waals surface area contributed by atoms with E-state index in [1.807, 2.05) is 0 Å². The van der Waals surface area contributed by atoms with Crippen LogP contribution in [-0.4, -0.2) is 30.0 Å². The zero-order valence-corrected chi connectivity index (χ0v) is 5.25. The lowest BCUT2D eigenvalue weighted by atomic mass is 10.6. The fourth-order valence-corrected chi connectivity index (χ4v) is 0.616. The van der Waals surface area contributed by atoms with Gasteiger partial charge < -0.3 is 14.4 Å². The molecule has 2 N–H and O–H groups in total. The first-order valence-electron chi connectivity index (χ1n) is 1.90. The molecule has 0 aromatic heterocycles. The van der Waals surface area contributed by atoms with Crippen molar-refractivity contribution in [1.29, 1.82) is 0 Å². The topological polar surface area (TPSA) is 83.8 Å². The number of hydrogen-bond donors (Lipinski definition) is 2. The molecule has 0 aromatic rings. The summed E-state index contributed by atoms with van der Waals surface area (Å²) in [4.78, 5) is 26.1. The first-order chi connectivity index (χ1) is 3.95. The van der Waals surface area contributed by atoms with Gasteiger partial charge in [-0.2, -0.15) is 0 Å². The molecule has 0 aliphatic carbocycles. The third-order valence-corrected chi connectivity index (χ3v) is 1.14. The molecule has 0 aliphatic heterocycles. The molecule has 0 aliphatic rings. The molecule has 7 heteroatoms. The Morgan fingerprint density at radius 2 is 2.11 bits per heavy atom. The van der Waals surface area contributed by atoms with Gasteiger partial charge in [0.1, 0.15) is 6.16 Å². The molecular formula is C2H4BO5P. The van der Waals surface area contributed by atoms with E-state index in [-0.39, 0.29) is 0 Å². The highest BCUT2D eigenvalue weighted by Gasteiger charge is 2.18. The fraction of sp³-hybridized carbons (Fsp3) is 0.500. The molecule has 2 radical (unpaired) electrons. The standard InChI is InChI=1S/C2H4BO5P/c3-8-2(4)1-9(5,6)7/h1H2,(H2,5,6,7). The molecule has 0 unspecified atom stereocenters. The summed E-state index contributed by atoms with van der Waals surface area (Å²) >= 11 is 0. The van der Waals surface area contributed by atoms with E-state index in [4.69, 9.17) is 9.79 Å². The average Bonchev–Trinajstić information content (AvgIpc) is 1.62. The van der Waals surface area contributed by atoms with Gasteiger partial charge in [0, 0.05) is 0 Å². The van der Waals surface area contributed by atoms with Crippen LogP contribution in [0.3, 0.4) is 0 Å². The predicted molar refractivity (Wildman–Crippen MR) is 28.8 cm³/mol. The van der Waals surface area contributed by atoms with E-state index in [1.165, 1.54) is 0 Å². The second-order valence-corrected chi connectivity index (χ2v) is 2.96. The normalized spacial score (nSPS) is 10.9. The van der Waals surface area contributed by atoms with E-state index in [1.54, 1.807) is 0 Å². The van der Waals surface area contributed by atoms with Crippen molar-refractivity contribution in [3.63, 3.8) is 0 Å². The van der Waals surface area contributed by atoms with Crippen LogP contribution < -0.4 is 0 Å². The van der Waals surface area contributed by atoms with Gasteiger partial charge in [0.05, 0.1) is 0 Å². The SMILES string of the molecule is [B]OC(=O)CP(=O)(O)O. The van der Waals surface area contributed by atoms with Crippen LogP contribution in [0.25, 0.3) is 0 Å². The smallest absolute Gasteiger partial charge is 0.378 e. The first kappa shape index (κ1) is 8.68. The minimum Gasteiger partial charge on any atom is -0.543 e. The molecule has 0 heterocycles. The summed E-state index contributed by atoms with van der Waals surface area (Å²) in [6.45, 7) is 0. The summed E-state index contributed by atoms with van der Waals surface area (Å²) in [6.07, 6.45) is -0.969. The number of carbonyl (C=O) groups is 1. The zero-order valence-electron chi connectivity index (χ0n) is 4.35. The second kappa shape index (κ2) is 3.01. The Labute approximate surface area is 52.6 Å². The van der Waals surface area contributed by atoms with Crippen LogP contribution in [0, 0.1) is 0 Å². The van der Waals surface area contributed by atoms with E-state index >= 15 is 0 Å². The molecule has 50 valence electrons. The summed E-state index contributed by atoms with van der Waals surface area (Å²) in [7, 11) is -0.00656. The maximum atomic E-state index is 9.99. The average molecular weight is 150 g/mol. The lowest BCUT2D eigenvalue weighted by Crippen LogP contribution is -2.07. The van der Waals surface area contributed by atoms with Gasteiger partial charge in [0.15, 0.2) is 0 Å². The maximum absolute atomic E-state index is 9.99. The van der Waals surface area contributed by atoms with E-state index < -0.39 is 19.7 Å². The number of hydrogen-bond acceptors (Lipinski definition) is 3. The molecule has 9 heavy (non-hydrogen) atoms. The second-order valence-electron chi connectivity index (χ2n) is 1.31. The highest BCUT2D eigenvalue weighted by Crippen LogP contribution is 2.33. The van der Waals surface area contributed by atoms with Crippen molar-refractivity contribution in [2.75, 3.05) is 6.16 Å². The summed E-state index contributed by atoms with van der Waals surface area (Å²) in [5, 5.41) is 0. The summed E-state index contributed by atoms with van der Waals surface area (Å²) < 4.78 is 13.4. The summed E-state index contributed by atoms with van der Waals surface area (Å²) in [5.41, 5.74) is 0. The Morgan fingerprint density at radius 3 is 2.22 bits per heavy atom. The van der Waals surface area contributed by atoms with Crippen LogP contribution in [0.15, 0.2) is 0 Å². The van der Waals surface area contributed by atoms with Crippen LogP contribution >= 0.6 is 7.60 Å². The molecule has 0 amide bonds. The maximum Gasteiger partial charge on any atom is 0.378 e. The van der Waals surface area contributed by atoms with Crippen LogP contribution in [-0.2, 0) is 14.0 Å². The van der Waals surface area contributed by atoms with Crippen LogP contribution in [0.2, 0.25) is 0 Å². The van der Waals surface area contributed by atoms with Gasteiger partial charge in [0.25, 0.3) is 5.97 Å². The molecule has 0 bridgehead atoms. The third kappa shape index (κ3) is 5.56. The quantitative estimate of drug-likeness (QED) is 0.381. The van der Waals surface area contributed by atoms with Crippen molar-refractivity contribution in [3.05, 3.63) is 0 Å². The van der Waals surface area contributed by atoms with Crippen LogP contribution in [0.4, 0.5) is 0 Å². The van der Waals surface area contributed by atoms with Gasteiger partial charge in [-0.15, -0.1) is 0 Å². The first-order valence-corrected chi connectivity index (χ1v) is 3.69. The van der Waals surface area contributed by atoms with E-state index in [9.17, 15) is 9.36 Å². The Kier molecular flexibility index (Phi) is 2.90. The van der Waals surface area contributed by atoms with Gasteiger partial charge in [-0.1, -0.05) is 0 Å².